The molecule has 1 aliphatic rings. The van der Waals surface area contributed by atoms with Crippen LogP contribution in [0.1, 0.15) is 25.7 Å². The van der Waals surface area contributed by atoms with Crippen LogP contribution in [-0.4, -0.2) is 34.2 Å². The van der Waals surface area contributed by atoms with Crippen molar-refractivity contribution in [2.24, 2.45) is 11.7 Å². The van der Waals surface area contributed by atoms with Crippen molar-refractivity contribution in [1.29, 1.82) is 0 Å². The molecule has 2 unspecified atom stereocenters. The van der Waals surface area contributed by atoms with Crippen molar-refractivity contribution in [3.05, 3.63) is 36.2 Å². The number of hydrogen-bond donors (Lipinski definition) is 1. The van der Waals surface area contributed by atoms with Crippen LogP contribution in [0.2, 0.25) is 0 Å². The van der Waals surface area contributed by atoms with Gasteiger partial charge in [0.25, 0.3) is 0 Å². The average molecular weight is 323 g/mol. The summed E-state index contributed by atoms with van der Waals surface area (Å²) in [6, 6.07) is 10.3. The topological polar surface area (TPSA) is 68.2 Å². The Morgan fingerprint density at radius 2 is 2.09 bits per heavy atom. The van der Waals surface area contributed by atoms with E-state index in [1.54, 1.807) is 0 Å². The van der Waals surface area contributed by atoms with Gasteiger partial charge in [-0.3, -0.25) is 4.90 Å². The second-order valence-electron chi connectivity index (χ2n) is 5.77. The van der Waals surface area contributed by atoms with E-state index in [9.17, 15) is 0 Å². The maximum absolute atomic E-state index is 5.93. The largest absolute Gasteiger partial charge is 0.338 e. The first kappa shape index (κ1) is 16.9. The first-order chi connectivity index (χ1) is 10.3. The smallest absolute Gasteiger partial charge is 0.241 e. The average Bonchev–Trinajstić information content (AvgIpc) is 2.97. The Labute approximate surface area is 137 Å². The third-order valence-electron chi connectivity index (χ3n) is 4.31. The lowest BCUT2D eigenvalue weighted by Gasteiger charge is -2.38. The van der Waals surface area contributed by atoms with E-state index in [0.717, 1.165) is 12.1 Å². The molecular formula is C16H23ClN4O. The summed E-state index contributed by atoms with van der Waals surface area (Å²) >= 11 is 0. The van der Waals surface area contributed by atoms with Crippen LogP contribution in [0, 0.1) is 5.92 Å². The van der Waals surface area contributed by atoms with Crippen molar-refractivity contribution in [1.82, 2.24) is 15.0 Å². The standard InChI is InChI=1S/C16H22N4O.ClH/c1-12-6-5-9-20(14(12)10-17)11-15-18-16(19-21-15)13-7-3-2-4-8-13;/h2-4,7-8,12,14H,5-6,9-11,17H2,1H3;1H. The van der Waals surface area contributed by atoms with Gasteiger partial charge in [-0.15, -0.1) is 12.4 Å². The van der Waals surface area contributed by atoms with E-state index in [4.69, 9.17) is 10.3 Å². The van der Waals surface area contributed by atoms with Gasteiger partial charge in [-0.05, 0) is 25.3 Å². The van der Waals surface area contributed by atoms with Crippen molar-refractivity contribution >= 4 is 12.4 Å². The minimum absolute atomic E-state index is 0. The highest BCUT2D eigenvalue weighted by molar-refractivity contribution is 5.85. The van der Waals surface area contributed by atoms with Gasteiger partial charge in [0.15, 0.2) is 0 Å². The quantitative estimate of drug-likeness (QED) is 0.937. The minimum atomic E-state index is 0. The van der Waals surface area contributed by atoms with Crippen LogP contribution in [0.15, 0.2) is 34.9 Å². The fraction of sp³-hybridized carbons (Fsp3) is 0.500. The molecule has 0 aliphatic carbocycles. The molecule has 1 fully saturated rings. The summed E-state index contributed by atoms with van der Waals surface area (Å²) in [7, 11) is 0. The molecule has 6 heteroatoms. The molecule has 1 aromatic carbocycles. The third-order valence-corrected chi connectivity index (χ3v) is 4.31. The Balaban J connectivity index is 0.00000176. The molecular weight excluding hydrogens is 300 g/mol. The van der Waals surface area contributed by atoms with Gasteiger partial charge in [-0.2, -0.15) is 4.98 Å². The van der Waals surface area contributed by atoms with E-state index in [1.165, 1.54) is 12.8 Å². The number of hydrogen-bond acceptors (Lipinski definition) is 5. The molecule has 1 aliphatic heterocycles. The van der Waals surface area contributed by atoms with Gasteiger partial charge in [0.05, 0.1) is 6.54 Å². The lowest BCUT2D eigenvalue weighted by molar-refractivity contribution is 0.0874. The number of halogens is 1. The fourth-order valence-electron chi connectivity index (χ4n) is 3.11. The van der Waals surface area contributed by atoms with Gasteiger partial charge in [0.1, 0.15) is 0 Å². The molecule has 0 spiro atoms. The number of nitrogens with zero attached hydrogens (tertiary/aromatic N) is 3. The molecule has 1 saturated heterocycles. The molecule has 0 radical (unpaired) electrons. The van der Waals surface area contributed by atoms with E-state index < -0.39 is 0 Å². The van der Waals surface area contributed by atoms with Crippen LogP contribution in [0.25, 0.3) is 11.4 Å². The molecule has 0 bridgehead atoms. The Morgan fingerprint density at radius 1 is 1.32 bits per heavy atom. The SMILES string of the molecule is CC1CCCN(Cc2nc(-c3ccccc3)no2)C1CN.Cl. The molecule has 2 N–H and O–H groups in total. The lowest BCUT2D eigenvalue weighted by Crippen LogP contribution is -2.48. The first-order valence-electron chi connectivity index (χ1n) is 7.60. The van der Waals surface area contributed by atoms with Crippen LogP contribution in [0.3, 0.4) is 0 Å². The molecule has 22 heavy (non-hydrogen) atoms. The lowest BCUT2D eigenvalue weighted by atomic mass is 9.91. The third kappa shape index (κ3) is 3.66. The van der Waals surface area contributed by atoms with Gasteiger partial charge in [-0.25, -0.2) is 0 Å². The number of piperidine rings is 1. The van der Waals surface area contributed by atoms with Crippen LogP contribution in [0.5, 0.6) is 0 Å². The number of aromatic nitrogens is 2. The number of likely N-dealkylation sites (tertiary alicyclic amines) is 1. The summed E-state index contributed by atoms with van der Waals surface area (Å²) in [6.45, 7) is 4.69. The Hall–Kier alpha value is -1.43. The zero-order chi connectivity index (χ0) is 14.7. The van der Waals surface area contributed by atoms with Crippen LogP contribution in [0.4, 0.5) is 0 Å². The maximum atomic E-state index is 5.93. The van der Waals surface area contributed by atoms with E-state index in [0.29, 0.717) is 36.8 Å². The number of rotatable bonds is 4. The summed E-state index contributed by atoms with van der Waals surface area (Å²) in [5, 5.41) is 4.08. The fourth-order valence-corrected chi connectivity index (χ4v) is 3.11. The summed E-state index contributed by atoms with van der Waals surface area (Å²) < 4.78 is 5.41. The second-order valence-corrected chi connectivity index (χ2v) is 5.77. The normalized spacial score (nSPS) is 22.3. The summed E-state index contributed by atoms with van der Waals surface area (Å²) in [4.78, 5) is 6.88. The van der Waals surface area contributed by atoms with Crippen molar-refractivity contribution < 1.29 is 4.52 Å². The van der Waals surface area contributed by atoms with Gasteiger partial charge < -0.3 is 10.3 Å². The zero-order valence-corrected chi connectivity index (χ0v) is 13.6. The van der Waals surface area contributed by atoms with E-state index >= 15 is 0 Å². The molecule has 2 atom stereocenters. The van der Waals surface area contributed by atoms with Crippen LogP contribution in [-0.2, 0) is 6.54 Å². The van der Waals surface area contributed by atoms with E-state index in [2.05, 4.69) is 22.0 Å². The monoisotopic (exact) mass is 322 g/mol. The van der Waals surface area contributed by atoms with Gasteiger partial charge in [-0.1, -0.05) is 42.4 Å². The summed E-state index contributed by atoms with van der Waals surface area (Å²) in [5.74, 6) is 1.95. The minimum Gasteiger partial charge on any atom is -0.338 e. The molecule has 1 aromatic heterocycles. The molecule has 5 nitrogen and oxygen atoms in total. The Morgan fingerprint density at radius 3 is 2.82 bits per heavy atom. The highest BCUT2D eigenvalue weighted by Crippen LogP contribution is 2.24. The van der Waals surface area contributed by atoms with Crippen molar-refractivity contribution in [2.45, 2.75) is 32.4 Å². The molecule has 120 valence electrons. The van der Waals surface area contributed by atoms with Crippen LogP contribution >= 0.6 is 12.4 Å². The van der Waals surface area contributed by atoms with E-state index in [1.807, 2.05) is 30.3 Å². The second kappa shape index (κ2) is 7.72. The number of benzene rings is 1. The maximum Gasteiger partial charge on any atom is 0.241 e. The Bertz CT molecular complexity index is 575. The molecule has 0 amide bonds. The van der Waals surface area contributed by atoms with E-state index in [-0.39, 0.29) is 12.4 Å². The summed E-state index contributed by atoms with van der Waals surface area (Å²) in [5.41, 5.74) is 6.91. The molecule has 2 aromatic rings. The highest BCUT2D eigenvalue weighted by atomic mass is 35.5. The first-order valence-corrected chi connectivity index (χ1v) is 7.60. The van der Waals surface area contributed by atoms with Crippen molar-refractivity contribution in [2.75, 3.05) is 13.1 Å². The highest BCUT2D eigenvalue weighted by Gasteiger charge is 2.28. The van der Waals surface area contributed by atoms with Crippen molar-refractivity contribution in [3.8, 4) is 11.4 Å². The van der Waals surface area contributed by atoms with Gasteiger partial charge >= 0.3 is 0 Å². The van der Waals surface area contributed by atoms with Crippen LogP contribution < -0.4 is 5.73 Å². The zero-order valence-electron chi connectivity index (χ0n) is 12.8. The van der Waals surface area contributed by atoms with Gasteiger partial charge in [0, 0.05) is 18.2 Å². The number of nitrogens with two attached hydrogens (primary N) is 1. The molecule has 3 rings (SSSR count). The van der Waals surface area contributed by atoms with Crippen molar-refractivity contribution in [3.63, 3.8) is 0 Å². The predicted molar refractivity (Wildman–Crippen MR) is 88.6 cm³/mol. The Kier molecular flexibility index (Phi) is 5.94. The van der Waals surface area contributed by atoms with Gasteiger partial charge in [0.2, 0.25) is 11.7 Å². The predicted octanol–water partition coefficient (Wildman–Crippen LogP) is 2.72. The summed E-state index contributed by atoms with van der Waals surface area (Å²) in [6.07, 6.45) is 2.45. The molecule has 2 heterocycles. The molecule has 0 saturated carbocycles.